The van der Waals surface area contributed by atoms with Crippen LogP contribution >= 0.6 is 0 Å². The molecule has 0 radical (unpaired) electrons. The van der Waals surface area contributed by atoms with E-state index in [1.165, 1.54) is 0 Å². The molecule has 0 aromatic carbocycles. The van der Waals surface area contributed by atoms with Crippen LogP contribution in [0, 0.1) is 13.8 Å². The van der Waals surface area contributed by atoms with Crippen molar-refractivity contribution in [2.24, 2.45) is 0 Å². The summed E-state index contributed by atoms with van der Waals surface area (Å²) in [5.74, 6) is -2.29. The fourth-order valence-corrected chi connectivity index (χ4v) is 5.76. The summed E-state index contributed by atoms with van der Waals surface area (Å²) in [5.41, 5.74) is 13.3. The number of aliphatic carboxylic acids is 2. The molecule has 3 aromatic rings. The first-order chi connectivity index (χ1) is 20.0. The van der Waals surface area contributed by atoms with Crippen molar-refractivity contribution in [1.29, 1.82) is 0 Å². The molecule has 2 N–H and O–H groups in total. The Bertz CT molecular complexity index is 1920. The summed E-state index contributed by atoms with van der Waals surface area (Å²) in [6.07, 6.45) is 3.79. The van der Waals surface area contributed by atoms with Gasteiger partial charge in [-0.2, -0.15) is 0 Å². The third-order valence-electron chi connectivity index (χ3n) is 8.20. The van der Waals surface area contributed by atoms with Crippen LogP contribution in [-0.4, -0.2) is 31.9 Å². The van der Waals surface area contributed by atoms with Crippen molar-refractivity contribution in [3.63, 3.8) is 0 Å². The molecule has 2 aliphatic heterocycles. The van der Waals surface area contributed by atoms with Crippen molar-refractivity contribution in [3.8, 4) is 0 Å². The monoisotopic (exact) mass is 583 g/mol. The van der Waals surface area contributed by atoms with Gasteiger partial charge >= 0.3 is 29.6 Å². The Hall–Kier alpha value is -3.98. The second-order valence-electron chi connectivity index (χ2n) is 10.7. The van der Waals surface area contributed by atoms with Crippen LogP contribution < -0.4 is 39.8 Å². The van der Waals surface area contributed by atoms with E-state index in [1.807, 2.05) is 58.0 Å². The number of H-pyrrole nitrogens is 2. The summed E-state index contributed by atoms with van der Waals surface area (Å²) < 4.78 is 0. The number of aryl methyl sites for hydroxylation is 2. The van der Waals surface area contributed by atoms with Crippen LogP contribution in [0.2, 0.25) is 0 Å². The summed E-state index contributed by atoms with van der Waals surface area (Å²) >= 11 is 0. The van der Waals surface area contributed by atoms with E-state index in [0.29, 0.717) is 22.8 Å². The Morgan fingerprint density at radius 3 is 1.49 bits per heavy atom. The van der Waals surface area contributed by atoms with Gasteiger partial charge in [-0.1, -0.05) is 25.3 Å². The number of rotatable bonds is 8. The van der Waals surface area contributed by atoms with E-state index in [0.717, 1.165) is 66.6 Å². The second-order valence-corrected chi connectivity index (χ2v) is 10.7. The van der Waals surface area contributed by atoms with E-state index < -0.39 is 11.9 Å². The zero-order chi connectivity index (χ0) is 30.3. The first-order valence-corrected chi connectivity index (χ1v) is 13.8. The standard InChI is InChI=1S/C34H34N4O4.Na/c1-7-21-17(3)25-13-26-19(5)23(9-11-33(39)40)31(37-26)16-32-24(10-12-34(41)42)20(6)28(38-32)15-30-22(8-2)18(4)27(36-30)14-29(21)35-25;/h7-8,13-16,35-36H,1-2,9-12H2,3-6H3,(H,39,40)(H,41,42);/q;+1/p-2. The van der Waals surface area contributed by atoms with Crippen LogP contribution in [0.4, 0.5) is 0 Å². The van der Waals surface area contributed by atoms with Gasteiger partial charge in [0.25, 0.3) is 0 Å². The Balaban J connectivity index is 0.00000423. The average Bonchev–Trinajstić information content (AvgIpc) is 3.59. The number of hydrogen-bond donors (Lipinski definition) is 2. The average molecular weight is 584 g/mol. The molecule has 5 rings (SSSR count). The van der Waals surface area contributed by atoms with Crippen molar-refractivity contribution in [1.82, 2.24) is 19.9 Å². The van der Waals surface area contributed by atoms with Gasteiger partial charge in [-0.05, 0) is 111 Å². The number of carboxylic acids is 2. The molecule has 3 aromatic heterocycles. The van der Waals surface area contributed by atoms with E-state index in [4.69, 9.17) is 9.97 Å². The first kappa shape index (κ1) is 31.9. The van der Waals surface area contributed by atoms with Crippen molar-refractivity contribution in [2.45, 2.75) is 53.4 Å². The number of carboxylic acid groups (broad SMARTS) is 2. The molecule has 0 spiro atoms. The maximum atomic E-state index is 11.4. The minimum absolute atomic E-state index is 0. The van der Waals surface area contributed by atoms with Crippen LogP contribution in [-0.2, 0) is 9.59 Å². The van der Waals surface area contributed by atoms with Crippen LogP contribution in [0.1, 0.15) is 84.6 Å². The van der Waals surface area contributed by atoms with Gasteiger partial charge in [0.05, 0.1) is 22.8 Å². The van der Waals surface area contributed by atoms with Crippen molar-refractivity contribution < 1.29 is 49.4 Å². The molecular formula is C34H32N4NaO4-. The van der Waals surface area contributed by atoms with Gasteiger partial charge in [0, 0.05) is 45.1 Å². The van der Waals surface area contributed by atoms with Crippen LogP contribution in [0.25, 0.3) is 56.5 Å². The van der Waals surface area contributed by atoms with Gasteiger partial charge in [-0.3, -0.25) is 0 Å². The molecule has 0 saturated carbocycles. The third kappa shape index (κ3) is 6.09. The third-order valence-corrected chi connectivity index (χ3v) is 8.20. The number of hydrogen-bond acceptors (Lipinski definition) is 6. The molecule has 0 saturated heterocycles. The minimum Gasteiger partial charge on any atom is -0.550 e. The molecule has 8 nitrogen and oxygen atoms in total. The predicted molar refractivity (Wildman–Crippen MR) is 164 cm³/mol. The SMILES string of the molecule is C=Cc1c(C)c2cc3[nH]c(cc4nc(cc5nc(cc1[nH]2)C(C)=C5CCC(=O)[O-])C(CCC(=O)[O-])=C4C)c(C)c3C=C.[Na+]. The van der Waals surface area contributed by atoms with Crippen molar-refractivity contribution in [3.05, 3.63) is 82.5 Å². The molecule has 43 heavy (non-hydrogen) atoms. The normalized spacial score (nSPS) is 12.7. The molecule has 0 aliphatic carbocycles. The van der Waals surface area contributed by atoms with Crippen molar-refractivity contribution >= 4 is 68.4 Å². The molecule has 214 valence electrons. The molecule has 0 amide bonds. The summed E-state index contributed by atoms with van der Waals surface area (Å²) in [6, 6.07) is 7.78. The number of allylic oxidation sites excluding steroid dienone is 4. The first-order valence-electron chi connectivity index (χ1n) is 13.8. The number of fused-ring (bicyclic) bond motifs is 8. The summed E-state index contributed by atoms with van der Waals surface area (Å²) in [6.45, 7) is 16.0. The molecule has 5 heterocycles. The minimum atomic E-state index is -1.15. The van der Waals surface area contributed by atoms with Gasteiger partial charge < -0.3 is 29.8 Å². The summed E-state index contributed by atoms with van der Waals surface area (Å²) in [7, 11) is 0. The molecule has 0 fully saturated rings. The molecule has 9 heteroatoms. The van der Waals surface area contributed by atoms with E-state index in [-0.39, 0.29) is 55.2 Å². The zero-order valence-corrected chi connectivity index (χ0v) is 27.2. The largest absolute Gasteiger partial charge is 1.00 e. The predicted octanol–water partition coefficient (Wildman–Crippen LogP) is 2.14. The number of carbonyl (C=O) groups is 2. The van der Waals surface area contributed by atoms with Gasteiger partial charge in [-0.15, -0.1) is 0 Å². The molecule has 8 bridgehead atoms. The van der Waals surface area contributed by atoms with Crippen LogP contribution in [0.3, 0.4) is 0 Å². The van der Waals surface area contributed by atoms with Crippen molar-refractivity contribution in [2.75, 3.05) is 0 Å². The Morgan fingerprint density at radius 2 is 1.07 bits per heavy atom. The van der Waals surface area contributed by atoms with E-state index >= 15 is 0 Å². The quantitative estimate of drug-likeness (QED) is 0.390. The maximum Gasteiger partial charge on any atom is 1.00 e. The number of aromatic amines is 2. The van der Waals surface area contributed by atoms with Gasteiger partial charge in [0.15, 0.2) is 0 Å². The van der Waals surface area contributed by atoms with E-state index in [2.05, 4.69) is 23.1 Å². The zero-order valence-electron chi connectivity index (χ0n) is 25.2. The van der Waals surface area contributed by atoms with Gasteiger partial charge in [0.2, 0.25) is 0 Å². The summed E-state index contributed by atoms with van der Waals surface area (Å²) in [5, 5.41) is 22.8. The molecule has 0 atom stereocenters. The fraction of sp³-hybridized carbons (Fsp3) is 0.235. The Morgan fingerprint density at radius 1 is 0.674 bits per heavy atom. The van der Waals surface area contributed by atoms with Crippen LogP contribution in [0.5, 0.6) is 0 Å². The van der Waals surface area contributed by atoms with E-state index in [9.17, 15) is 19.8 Å². The molecule has 2 aliphatic rings. The Labute approximate surface area is 272 Å². The number of nitrogens with one attached hydrogen (secondary N) is 2. The Kier molecular flexibility index (Phi) is 9.44. The van der Waals surface area contributed by atoms with Gasteiger partial charge in [0.1, 0.15) is 0 Å². The number of carbonyl (C=O) groups excluding carboxylic acids is 2. The topological polar surface area (TPSA) is 138 Å². The van der Waals surface area contributed by atoms with E-state index in [1.54, 1.807) is 6.08 Å². The van der Waals surface area contributed by atoms with Crippen LogP contribution in [0.15, 0.2) is 37.4 Å². The molecule has 0 unspecified atom stereocenters. The number of aromatic nitrogens is 4. The van der Waals surface area contributed by atoms with Gasteiger partial charge in [-0.25, -0.2) is 9.97 Å². The number of nitrogens with zero attached hydrogens (tertiary/aromatic N) is 2. The second kappa shape index (κ2) is 12.7. The molecular weight excluding hydrogens is 551 g/mol. The smallest absolute Gasteiger partial charge is 0.550 e. The fourth-order valence-electron chi connectivity index (χ4n) is 5.76. The maximum absolute atomic E-state index is 11.4. The summed E-state index contributed by atoms with van der Waals surface area (Å²) in [4.78, 5) is 39.7.